The SMILES string of the molecule is CC(C)=CCC/C(C)=C/CC/C(=C/COP(=O)(O)OP(=O)(O)O)c1ccccc1. The molecule has 0 aliphatic carbocycles. The zero-order valence-corrected chi connectivity index (χ0v) is 18.8. The Bertz CT molecular complexity index is 818. The molecule has 0 radical (unpaired) electrons. The third kappa shape index (κ3) is 12.8. The lowest BCUT2D eigenvalue weighted by atomic mass is 9.99. The molecule has 1 unspecified atom stereocenters. The molecule has 0 heterocycles. The molecule has 0 saturated carbocycles. The van der Waals surface area contributed by atoms with E-state index in [1.165, 1.54) is 11.1 Å². The van der Waals surface area contributed by atoms with Gasteiger partial charge in [-0.3, -0.25) is 4.52 Å². The molecule has 1 aromatic rings. The van der Waals surface area contributed by atoms with E-state index in [0.717, 1.165) is 30.4 Å². The molecular formula is C20H30O7P2. The van der Waals surface area contributed by atoms with Crippen molar-refractivity contribution in [3.05, 3.63) is 65.3 Å². The van der Waals surface area contributed by atoms with E-state index in [-0.39, 0.29) is 6.61 Å². The van der Waals surface area contributed by atoms with Crippen LogP contribution < -0.4 is 0 Å². The average molecular weight is 444 g/mol. The van der Waals surface area contributed by atoms with Crippen molar-refractivity contribution in [2.24, 2.45) is 0 Å². The molecule has 9 heteroatoms. The second-order valence-electron chi connectivity index (χ2n) is 6.84. The minimum atomic E-state index is -5.12. The molecule has 0 fully saturated rings. The Morgan fingerprint density at radius 2 is 1.55 bits per heavy atom. The first-order valence-electron chi connectivity index (χ1n) is 9.26. The molecule has 162 valence electrons. The smallest absolute Gasteiger partial charge is 0.302 e. The predicted molar refractivity (Wildman–Crippen MR) is 115 cm³/mol. The molecule has 1 rings (SSSR count). The fourth-order valence-electron chi connectivity index (χ4n) is 2.57. The van der Waals surface area contributed by atoms with Crippen LogP contribution in [0.25, 0.3) is 5.57 Å². The Labute approximate surface area is 172 Å². The number of rotatable bonds is 12. The molecular weight excluding hydrogens is 414 g/mol. The van der Waals surface area contributed by atoms with Crippen LogP contribution in [0, 0.1) is 0 Å². The third-order valence-electron chi connectivity index (χ3n) is 3.92. The van der Waals surface area contributed by atoms with E-state index in [9.17, 15) is 14.0 Å². The summed E-state index contributed by atoms with van der Waals surface area (Å²) in [6, 6.07) is 9.50. The van der Waals surface area contributed by atoms with Gasteiger partial charge in [-0.15, -0.1) is 0 Å². The first-order valence-corrected chi connectivity index (χ1v) is 12.3. The van der Waals surface area contributed by atoms with Gasteiger partial charge in [-0.05, 0) is 57.6 Å². The second-order valence-corrected chi connectivity index (χ2v) is 9.67. The van der Waals surface area contributed by atoms with Gasteiger partial charge in [0.2, 0.25) is 0 Å². The number of phosphoric ester groups is 1. The molecule has 0 aromatic heterocycles. The van der Waals surface area contributed by atoms with Crippen LogP contribution in [0.2, 0.25) is 0 Å². The maximum atomic E-state index is 11.6. The van der Waals surface area contributed by atoms with Crippen molar-refractivity contribution in [2.75, 3.05) is 6.61 Å². The average Bonchev–Trinajstić information content (AvgIpc) is 2.58. The fourth-order valence-corrected chi connectivity index (χ4v) is 4.10. The van der Waals surface area contributed by atoms with Gasteiger partial charge in [0.1, 0.15) is 0 Å². The summed E-state index contributed by atoms with van der Waals surface area (Å²) in [5.41, 5.74) is 4.43. The van der Waals surface area contributed by atoms with E-state index in [0.29, 0.717) is 6.42 Å². The number of allylic oxidation sites excluding steroid dienone is 5. The van der Waals surface area contributed by atoms with E-state index >= 15 is 0 Å². The van der Waals surface area contributed by atoms with Crippen molar-refractivity contribution < 1.29 is 32.6 Å². The van der Waals surface area contributed by atoms with E-state index in [4.69, 9.17) is 9.79 Å². The largest absolute Gasteiger partial charge is 0.481 e. The van der Waals surface area contributed by atoms with Gasteiger partial charge in [0.05, 0.1) is 6.61 Å². The minimum Gasteiger partial charge on any atom is -0.302 e. The summed E-state index contributed by atoms with van der Waals surface area (Å²) in [7, 11) is -9.97. The van der Waals surface area contributed by atoms with Crippen LogP contribution in [0.4, 0.5) is 0 Å². The first-order chi connectivity index (χ1) is 13.5. The summed E-state index contributed by atoms with van der Waals surface area (Å²) in [5.74, 6) is 0. The van der Waals surface area contributed by atoms with Crippen LogP contribution in [0.1, 0.15) is 52.0 Å². The summed E-state index contributed by atoms with van der Waals surface area (Å²) < 4.78 is 30.7. The molecule has 3 N–H and O–H groups in total. The van der Waals surface area contributed by atoms with Crippen molar-refractivity contribution in [3.63, 3.8) is 0 Å². The molecule has 29 heavy (non-hydrogen) atoms. The Hall–Kier alpha value is -1.30. The molecule has 0 aliphatic rings. The van der Waals surface area contributed by atoms with Crippen LogP contribution >= 0.6 is 15.6 Å². The van der Waals surface area contributed by atoms with Gasteiger partial charge in [0.15, 0.2) is 0 Å². The van der Waals surface area contributed by atoms with E-state index < -0.39 is 15.6 Å². The van der Waals surface area contributed by atoms with Gasteiger partial charge in [-0.25, -0.2) is 9.13 Å². The van der Waals surface area contributed by atoms with Crippen LogP contribution in [-0.4, -0.2) is 21.3 Å². The van der Waals surface area contributed by atoms with E-state index in [1.807, 2.05) is 30.3 Å². The highest BCUT2D eigenvalue weighted by molar-refractivity contribution is 7.60. The van der Waals surface area contributed by atoms with Gasteiger partial charge in [-0.2, -0.15) is 4.31 Å². The minimum absolute atomic E-state index is 0.318. The fraction of sp³-hybridized carbons (Fsp3) is 0.400. The van der Waals surface area contributed by atoms with Crippen molar-refractivity contribution in [3.8, 4) is 0 Å². The van der Waals surface area contributed by atoms with Crippen LogP contribution in [-0.2, 0) is 18.0 Å². The zero-order chi connectivity index (χ0) is 21.9. The molecule has 0 saturated heterocycles. The molecule has 0 spiro atoms. The summed E-state index contributed by atoms with van der Waals surface area (Å²) in [6.07, 6.45) is 9.46. The van der Waals surface area contributed by atoms with Gasteiger partial charge in [0.25, 0.3) is 0 Å². The Balaban J connectivity index is 2.75. The summed E-state index contributed by atoms with van der Waals surface area (Å²) >= 11 is 0. The van der Waals surface area contributed by atoms with Crippen molar-refractivity contribution >= 4 is 21.2 Å². The highest BCUT2D eigenvalue weighted by atomic mass is 31.3. The number of hydrogen-bond donors (Lipinski definition) is 3. The predicted octanol–water partition coefficient (Wildman–Crippen LogP) is 5.77. The van der Waals surface area contributed by atoms with Crippen molar-refractivity contribution in [1.82, 2.24) is 0 Å². The van der Waals surface area contributed by atoms with Gasteiger partial charge in [-0.1, -0.05) is 59.7 Å². The molecule has 0 aliphatic heterocycles. The normalized spacial score (nSPS) is 15.1. The van der Waals surface area contributed by atoms with E-state index in [1.54, 1.807) is 6.08 Å². The van der Waals surface area contributed by atoms with Crippen molar-refractivity contribution in [2.45, 2.75) is 46.5 Å². The van der Waals surface area contributed by atoms with Crippen LogP contribution in [0.15, 0.2) is 59.7 Å². The topological polar surface area (TPSA) is 113 Å². The van der Waals surface area contributed by atoms with Gasteiger partial charge < -0.3 is 14.7 Å². The van der Waals surface area contributed by atoms with Gasteiger partial charge in [0, 0.05) is 0 Å². The summed E-state index contributed by atoms with van der Waals surface area (Å²) in [6.45, 7) is 5.93. The maximum Gasteiger partial charge on any atom is 0.481 e. The van der Waals surface area contributed by atoms with E-state index in [2.05, 4.69) is 41.8 Å². The third-order valence-corrected chi connectivity index (χ3v) is 6.07. The lowest BCUT2D eigenvalue weighted by Gasteiger charge is -2.12. The second kappa shape index (κ2) is 12.4. The molecule has 0 amide bonds. The first kappa shape index (κ1) is 25.7. The summed E-state index contributed by atoms with van der Waals surface area (Å²) in [4.78, 5) is 26.7. The van der Waals surface area contributed by atoms with Crippen LogP contribution in [0.3, 0.4) is 0 Å². The highest BCUT2D eigenvalue weighted by Crippen LogP contribution is 2.57. The Morgan fingerprint density at radius 3 is 2.14 bits per heavy atom. The van der Waals surface area contributed by atoms with Gasteiger partial charge >= 0.3 is 15.6 Å². The monoisotopic (exact) mass is 444 g/mol. The Kier molecular flexibility index (Phi) is 11.0. The number of benzene rings is 1. The standard InChI is InChI=1S/C20H30O7P2/c1-17(2)9-7-10-18(3)11-8-14-20(19-12-5-4-6-13-19)15-16-26-29(24,25)27-28(21,22)23/h4-6,9,11-13,15H,7-8,10,14,16H2,1-3H3,(H,24,25)(H2,21,22,23)/b18-11+,20-15-. The number of phosphoric acid groups is 2. The zero-order valence-electron chi connectivity index (χ0n) is 17.0. The van der Waals surface area contributed by atoms with Crippen molar-refractivity contribution in [1.29, 1.82) is 0 Å². The Morgan fingerprint density at radius 1 is 0.931 bits per heavy atom. The summed E-state index contributed by atoms with van der Waals surface area (Å²) in [5, 5.41) is 0. The number of hydrogen-bond acceptors (Lipinski definition) is 4. The molecule has 0 bridgehead atoms. The molecule has 7 nitrogen and oxygen atoms in total. The lowest BCUT2D eigenvalue weighted by molar-refractivity contribution is 0.191. The van der Waals surface area contributed by atoms with Crippen LogP contribution in [0.5, 0.6) is 0 Å². The quantitative estimate of drug-likeness (QED) is 0.277. The molecule has 1 atom stereocenters. The highest BCUT2D eigenvalue weighted by Gasteiger charge is 2.31. The lowest BCUT2D eigenvalue weighted by Crippen LogP contribution is -1.95. The molecule has 1 aromatic carbocycles. The maximum absolute atomic E-state index is 11.6.